The van der Waals surface area contributed by atoms with Crippen LogP contribution in [0, 0.1) is 0 Å². The van der Waals surface area contributed by atoms with Gasteiger partial charge in [-0.15, -0.1) is 0 Å². The van der Waals surface area contributed by atoms with Crippen molar-refractivity contribution in [2.45, 2.75) is 19.1 Å². The Morgan fingerprint density at radius 1 is 0.882 bits per heavy atom. The van der Waals surface area contributed by atoms with Crippen LogP contribution in [0.4, 0.5) is 35.0 Å². The molecule has 0 saturated carbocycles. The third-order valence-corrected chi connectivity index (χ3v) is 5.11. The summed E-state index contributed by atoms with van der Waals surface area (Å²) in [6.45, 7) is 1.86. The lowest BCUT2D eigenvalue weighted by atomic mass is 10.1. The van der Waals surface area contributed by atoms with Gasteiger partial charge in [-0.3, -0.25) is 4.79 Å². The van der Waals surface area contributed by atoms with Crippen LogP contribution in [-0.2, 0) is 6.18 Å². The Morgan fingerprint density at radius 2 is 1.53 bits per heavy atom. The first-order chi connectivity index (χ1) is 16.1. The number of urea groups is 1. The minimum absolute atomic E-state index is 0.255. The number of carbonyl (C=O) groups is 2. The number of carbonyl (C=O) groups excluding carboxylic acids is 2. The molecule has 178 valence electrons. The Balaban J connectivity index is 1.79. The van der Waals surface area contributed by atoms with Crippen molar-refractivity contribution in [3.8, 4) is 0 Å². The number of anilines is 3. The van der Waals surface area contributed by atoms with Crippen LogP contribution >= 0.6 is 0 Å². The lowest BCUT2D eigenvalue weighted by Crippen LogP contribution is -2.29. The lowest BCUT2D eigenvalue weighted by molar-refractivity contribution is -0.136. The molecule has 0 bridgehead atoms. The minimum Gasteiger partial charge on any atom is -0.377 e. The summed E-state index contributed by atoms with van der Waals surface area (Å²) in [5.74, 6) is -0.355. The number of benzene rings is 3. The molecule has 0 aromatic heterocycles. The number of nitrogens with zero attached hydrogens (tertiary/aromatic N) is 1. The predicted octanol–water partition coefficient (Wildman–Crippen LogP) is 5.91. The Morgan fingerprint density at radius 3 is 2.18 bits per heavy atom. The van der Waals surface area contributed by atoms with E-state index in [0.29, 0.717) is 11.3 Å². The first kappa shape index (κ1) is 24.6. The van der Waals surface area contributed by atoms with E-state index in [2.05, 4.69) is 16.0 Å². The average Bonchev–Trinajstić information content (AvgIpc) is 2.79. The monoisotopic (exact) mass is 470 g/mol. The van der Waals surface area contributed by atoms with E-state index in [9.17, 15) is 22.8 Å². The lowest BCUT2D eigenvalue weighted by Gasteiger charge is -2.21. The van der Waals surface area contributed by atoms with E-state index in [1.165, 1.54) is 24.3 Å². The molecule has 0 saturated heterocycles. The summed E-state index contributed by atoms with van der Waals surface area (Å²) in [5.41, 5.74) is 0.784. The van der Waals surface area contributed by atoms with Gasteiger partial charge < -0.3 is 20.9 Å². The predicted molar refractivity (Wildman–Crippen MR) is 127 cm³/mol. The smallest absolute Gasteiger partial charge is 0.377 e. The van der Waals surface area contributed by atoms with Crippen LogP contribution in [-0.4, -0.2) is 26.0 Å². The molecule has 3 aromatic carbocycles. The number of hydrogen-bond acceptors (Lipinski definition) is 3. The van der Waals surface area contributed by atoms with Gasteiger partial charge in [0.1, 0.15) is 0 Å². The van der Waals surface area contributed by atoms with Crippen LogP contribution < -0.4 is 20.9 Å². The fraction of sp³-hybridized carbons (Fsp3) is 0.200. The molecule has 0 aliphatic carbocycles. The molecule has 0 radical (unpaired) electrons. The number of nitrogens with one attached hydrogen (secondary N) is 3. The molecule has 9 heteroatoms. The highest BCUT2D eigenvalue weighted by Gasteiger charge is 2.33. The van der Waals surface area contributed by atoms with Gasteiger partial charge in [-0.25, -0.2) is 4.79 Å². The van der Waals surface area contributed by atoms with Crippen molar-refractivity contribution in [3.05, 3.63) is 89.5 Å². The van der Waals surface area contributed by atoms with Crippen LogP contribution in [0.15, 0.2) is 72.8 Å². The van der Waals surface area contributed by atoms with Crippen LogP contribution in [0.25, 0.3) is 0 Å². The molecule has 3 rings (SSSR count). The van der Waals surface area contributed by atoms with Crippen LogP contribution in [0.5, 0.6) is 0 Å². The van der Waals surface area contributed by atoms with Gasteiger partial charge >= 0.3 is 12.2 Å². The molecule has 1 unspecified atom stereocenters. The third-order valence-electron chi connectivity index (χ3n) is 5.11. The normalized spacial score (nSPS) is 11.9. The highest BCUT2D eigenvalue weighted by Crippen LogP contribution is 2.34. The first-order valence-corrected chi connectivity index (χ1v) is 10.5. The van der Waals surface area contributed by atoms with Crippen molar-refractivity contribution in [1.82, 2.24) is 5.32 Å². The van der Waals surface area contributed by atoms with E-state index >= 15 is 0 Å². The van der Waals surface area contributed by atoms with E-state index < -0.39 is 17.8 Å². The van der Waals surface area contributed by atoms with Gasteiger partial charge in [-0.1, -0.05) is 42.5 Å². The largest absolute Gasteiger partial charge is 0.418 e. The van der Waals surface area contributed by atoms with Gasteiger partial charge in [0.25, 0.3) is 5.91 Å². The molecule has 6 nitrogen and oxygen atoms in total. The van der Waals surface area contributed by atoms with Gasteiger partial charge in [0.05, 0.1) is 22.9 Å². The molecule has 3 amide bonds. The zero-order valence-corrected chi connectivity index (χ0v) is 18.9. The van der Waals surface area contributed by atoms with Crippen molar-refractivity contribution in [2.24, 2.45) is 0 Å². The SMILES string of the molecule is CC(NC(=O)c1cc(NC(=O)Nc2ccccc2C(F)(F)F)ccc1N(C)C)c1ccccc1. The molecule has 0 aliphatic heterocycles. The summed E-state index contributed by atoms with van der Waals surface area (Å²) in [6.07, 6.45) is -4.61. The van der Waals surface area contributed by atoms with E-state index in [4.69, 9.17) is 0 Å². The minimum atomic E-state index is -4.61. The van der Waals surface area contributed by atoms with Gasteiger partial charge in [0.2, 0.25) is 0 Å². The molecule has 3 aromatic rings. The number of para-hydroxylation sites is 1. The fourth-order valence-corrected chi connectivity index (χ4v) is 3.41. The molecule has 0 heterocycles. The van der Waals surface area contributed by atoms with Crippen molar-refractivity contribution in [3.63, 3.8) is 0 Å². The number of hydrogen-bond donors (Lipinski definition) is 3. The van der Waals surface area contributed by atoms with E-state index in [-0.39, 0.29) is 23.3 Å². The van der Waals surface area contributed by atoms with Gasteiger partial charge in [0, 0.05) is 25.5 Å². The molecule has 0 aliphatic rings. The second-order valence-electron chi connectivity index (χ2n) is 7.85. The average molecular weight is 470 g/mol. The van der Waals surface area contributed by atoms with Gasteiger partial charge in [-0.2, -0.15) is 13.2 Å². The summed E-state index contributed by atoms with van der Waals surface area (Å²) in [7, 11) is 3.56. The number of halogens is 3. The second-order valence-corrected chi connectivity index (χ2v) is 7.85. The van der Waals surface area contributed by atoms with Crippen LogP contribution in [0.3, 0.4) is 0 Å². The van der Waals surface area contributed by atoms with E-state index in [1.807, 2.05) is 37.3 Å². The Labute approximate surface area is 195 Å². The summed E-state index contributed by atoms with van der Waals surface area (Å²) in [6, 6.07) is 17.7. The summed E-state index contributed by atoms with van der Waals surface area (Å²) < 4.78 is 39.6. The third kappa shape index (κ3) is 6.06. The molecule has 1 atom stereocenters. The van der Waals surface area contributed by atoms with Crippen molar-refractivity contribution in [2.75, 3.05) is 29.6 Å². The van der Waals surface area contributed by atoms with Crippen LogP contribution in [0.1, 0.15) is 34.5 Å². The molecule has 0 spiro atoms. The van der Waals surface area contributed by atoms with Crippen LogP contribution in [0.2, 0.25) is 0 Å². The molecule has 0 fully saturated rings. The Kier molecular flexibility index (Phi) is 7.45. The number of amides is 3. The quantitative estimate of drug-likeness (QED) is 0.420. The van der Waals surface area contributed by atoms with Crippen molar-refractivity contribution >= 4 is 29.0 Å². The highest BCUT2D eigenvalue weighted by molar-refractivity contribution is 6.04. The summed E-state index contributed by atoms with van der Waals surface area (Å²) >= 11 is 0. The van der Waals surface area contributed by atoms with Gasteiger partial charge in [-0.05, 0) is 42.8 Å². The fourth-order valence-electron chi connectivity index (χ4n) is 3.41. The summed E-state index contributed by atoms with van der Waals surface area (Å²) in [4.78, 5) is 27.2. The maximum Gasteiger partial charge on any atom is 0.418 e. The zero-order valence-electron chi connectivity index (χ0n) is 18.9. The molecular weight excluding hydrogens is 445 g/mol. The number of rotatable bonds is 6. The topological polar surface area (TPSA) is 73.5 Å². The van der Waals surface area contributed by atoms with Crippen molar-refractivity contribution in [1.29, 1.82) is 0 Å². The van der Waals surface area contributed by atoms with E-state index in [1.54, 1.807) is 31.1 Å². The molecule has 34 heavy (non-hydrogen) atoms. The van der Waals surface area contributed by atoms with Crippen molar-refractivity contribution < 1.29 is 22.8 Å². The standard InChI is InChI=1S/C25H25F3N4O2/c1-16(17-9-5-4-6-10-17)29-23(33)19-15-18(13-14-22(19)32(2)3)30-24(34)31-21-12-8-7-11-20(21)25(26,27)28/h4-16H,1-3H3,(H,29,33)(H2,30,31,34). The zero-order chi connectivity index (χ0) is 24.9. The maximum atomic E-state index is 13.2. The highest BCUT2D eigenvalue weighted by atomic mass is 19.4. The van der Waals surface area contributed by atoms with E-state index in [0.717, 1.165) is 11.6 Å². The maximum absolute atomic E-state index is 13.2. The second kappa shape index (κ2) is 10.3. The Hall–Kier alpha value is -4.01. The Bertz CT molecular complexity index is 1160. The first-order valence-electron chi connectivity index (χ1n) is 10.5. The molecular formula is C25H25F3N4O2. The molecule has 3 N–H and O–H groups in total. The number of alkyl halides is 3. The van der Waals surface area contributed by atoms with Gasteiger partial charge in [0.15, 0.2) is 0 Å². The summed E-state index contributed by atoms with van der Waals surface area (Å²) in [5, 5.41) is 7.66.